The summed E-state index contributed by atoms with van der Waals surface area (Å²) in [5.41, 5.74) is 1.62. The highest BCUT2D eigenvalue weighted by molar-refractivity contribution is 8.14. The summed E-state index contributed by atoms with van der Waals surface area (Å²) >= 11 is 2.42. The molecular formula is C24H20FNO5S2. The Morgan fingerprint density at radius 2 is 1.79 bits per heavy atom. The van der Waals surface area contributed by atoms with Gasteiger partial charge in [0.1, 0.15) is 17.3 Å². The fourth-order valence-electron chi connectivity index (χ4n) is 3.89. The van der Waals surface area contributed by atoms with Gasteiger partial charge >= 0.3 is 5.97 Å². The van der Waals surface area contributed by atoms with Crippen molar-refractivity contribution in [2.24, 2.45) is 5.92 Å². The summed E-state index contributed by atoms with van der Waals surface area (Å²) in [6.45, 7) is 0. The van der Waals surface area contributed by atoms with Crippen LogP contribution in [0, 0.1) is 11.7 Å². The van der Waals surface area contributed by atoms with Gasteiger partial charge in [-0.2, -0.15) is 0 Å². The van der Waals surface area contributed by atoms with Crippen LogP contribution in [-0.4, -0.2) is 49.7 Å². The maximum absolute atomic E-state index is 13.0. The number of hydrogen-bond donors (Lipinski definition) is 1. The SMILES string of the molecule is O=C(Cc1ccc(F)cc1)C[C@@H]1C(=O)N2C(C(=O)O)=C(CSC(=O)c3ccccc3)CS[C@H]12. The highest BCUT2D eigenvalue weighted by atomic mass is 32.2. The average Bonchev–Trinajstić information content (AvgIpc) is 2.82. The summed E-state index contributed by atoms with van der Waals surface area (Å²) < 4.78 is 13.0. The van der Waals surface area contributed by atoms with E-state index in [2.05, 4.69) is 0 Å². The van der Waals surface area contributed by atoms with Gasteiger partial charge in [0.15, 0.2) is 0 Å². The predicted molar refractivity (Wildman–Crippen MR) is 124 cm³/mol. The Balaban J connectivity index is 1.41. The summed E-state index contributed by atoms with van der Waals surface area (Å²) in [5, 5.41) is 9.18. The zero-order valence-electron chi connectivity index (χ0n) is 17.4. The van der Waals surface area contributed by atoms with Crippen molar-refractivity contribution in [3.8, 4) is 0 Å². The lowest BCUT2D eigenvalue weighted by molar-refractivity contribution is -0.153. The van der Waals surface area contributed by atoms with Gasteiger partial charge in [0.25, 0.3) is 0 Å². The Morgan fingerprint density at radius 1 is 1.09 bits per heavy atom. The molecule has 0 spiro atoms. The number of carboxylic acid groups (broad SMARTS) is 1. The molecule has 2 aromatic carbocycles. The first-order valence-electron chi connectivity index (χ1n) is 10.2. The number of carbonyl (C=O) groups is 4. The third kappa shape index (κ3) is 5.04. The van der Waals surface area contributed by atoms with Crippen molar-refractivity contribution in [3.63, 3.8) is 0 Å². The van der Waals surface area contributed by atoms with E-state index >= 15 is 0 Å². The van der Waals surface area contributed by atoms with Crippen LogP contribution in [-0.2, 0) is 20.8 Å². The molecule has 9 heteroatoms. The van der Waals surface area contributed by atoms with Gasteiger partial charge in [0.2, 0.25) is 11.0 Å². The van der Waals surface area contributed by atoms with Crippen molar-refractivity contribution in [2.45, 2.75) is 18.2 Å². The zero-order valence-corrected chi connectivity index (χ0v) is 19.0. The Labute approximate surface area is 198 Å². The van der Waals surface area contributed by atoms with Gasteiger partial charge in [-0.25, -0.2) is 9.18 Å². The Bertz CT molecular complexity index is 1130. The van der Waals surface area contributed by atoms with E-state index in [0.29, 0.717) is 22.5 Å². The number of thioether (sulfide) groups is 2. The van der Waals surface area contributed by atoms with E-state index in [0.717, 1.165) is 11.8 Å². The fraction of sp³-hybridized carbons (Fsp3) is 0.250. The third-order valence-corrected chi connectivity index (χ3v) is 7.90. The monoisotopic (exact) mass is 485 g/mol. The Kier molecular flexibility index (Phi) is 6.99. The highest BCUT2D eigenvalue weighted by Gasteiger charge is 2.53. The maximum Gasteiger partial charge on any atom is 0.352 e. The van der Waals surface area contributed by atoms with Crippen LogP contribution in [0.2, 0.25) is 0 Å². The van der Waals surface area contributed by atoms with Gasteiger partial charge in [0.05, 0.1) is 11.3 Å². The molecule has 0 aromatic heterocycles. The number of Topliss-reactive ketones (excluding diaryl/α,β-unsaturated/α-hetero) is 1. The molecule has 0 radical (unpaired) electrons. The van der Waals surface area contributed by atoms with Crippen LogP contribution in [0.5, 0.6) is 0 Å². The first kappa shape index (κ1) is 23.3. The second-order valence-corrected chi connectivity index (χ2v) is 9.81. The molecule has 2 aromatic rings. The van der Waals surface area contributed by atoms with Gasteiger partial charge in [-0.15, -0.1) is 11.8 Å². The molecule has 6 nitrogen and oxygen atoms in total. The van der Waals surface area contributed by atoms with Crippen molar-refractivity contribution < 1.29 is 28.7 Å². The molecule has 33 heavy (non-hydrogen) atoms. The molecule has 2 aliphatic heterocycles. The maximum atomic E-state index is 13.0. The van der Waals surface area contributed by atoms with Crippen molar-refractivity contribution >= 4 is 46.3 Å². The van der Waals surface area contributed by atoms with Crippen molar-refractivity contribution in [1.82, 2.24) is 4.90 Å². The lowest BCUT2D eigenvalue weighted by Crippen LogP contribution is -2.62. The molecule has 2 atom stereocenters. The number of hydrogen-bond acceptors (Lipinski definition) is 6. The van der Waals surface area contributed by atoms with Crippen molar-refractivity contribution in [3.05, 3.63) is 82.8 Å². The number of β-lactam (4-membered cyclic amide) rings is 1. The number of ketones is 1. The standard InChI is InChI=1S/C24H20FNO5S2/c25-17-8-6-14(7-9-17)10-18(27)11-19-21(28)26-20(23(29)30)16(12-32-22(19)26)13-33-24(31)15-4-2-1-3-5-15/h1-9,19,22H,10-13H2,(H,29,30)/t19-,22-/m1/s1. The first-order chi connectivity index (χ1) is 15.8. The highest BCUT2D eigenvalue weighted by Crippen LogP contribution is 2.45. The molecule has 0 saturated carbocycles. The summed E-state index contributed by atoms with van der Waals surface area (Å²) in [7, 11) is 0. The van der Waals surface area contributed by atoms with Crippen molar-refractivity contribution in [2.75, 3.05) is 11.5 Å². The quantitative estimate of drug-likeness (QED) is 0.569. The van der Waals surface area contributed by atoms with E-state index in [1.165, 1.54) is 40.9 Å². The summed E-state index contributed by atoms with van der Waals surface area (Å²) in [5.74, 6) is -2.20. The molecule has 0 aliphatic carbocycles. The van der Waals surface area contributed by atoms with E-state index in [4.69, 9.17) is 0 Å². The van der Waals surface area contributed by atoms with E-state index in [-0.39, 0.29) is 41.0 Å². The molecule has 2 heterocycles. The molecular weight excluding hydrogens is 465 g/mol. The normalized spacial score (nSPS) is 19.7. The van der Waals surface area contributed by atoms with Gasteiger partial charge in [0, 0.05) is 29.9 Å². The van der Waals surface area contributed by atoms with Crippen LogP contribution in [0.15, 0.2) is 65.9 Å². The first-order valence-corrected chi connectivity index (χ1v) is 12.3. The minimum absolute atomic E-state index is 0.00779. The molecule has 1 amide bonds. The number of carbonyl (C=O) groups excluding carboxylic acids is 3. The number of nitrogens with zero attached hydrogens (tertiary/aromatic N) is 1. The number of halogens is 1. The minimum atomic E-state index is -1.22. The molecule has 1 N–H and O–H groups in total. The number of carboxylic acids is 1. The van der Waals surface area contributed by atoms with Crippen LogP contribution >= 0.6 is 23.5 Å². The van der Waals surface area contributed by atoms with Crippen molar-refractivity contribution in [1.29, 1.82) is 0 Å². The van der Waals surface area contributed by atoms with Crippen LogP contribution in [0.4, 0.5) is 4.39 Å². The average molecular weight is 486 g/mol. The molecule has 0 unspecified atom stereocenters. The smallest absolute Gasteiger partial charge is 0.352 e. The third-order valence-electron chi connectivity index (χ3n) is 5.51. The minimum Gasteiger partial charge on any atom is -0.477 e. The molecule has 2 aliphatic rings. The van der Waals surface area contributed by atoms with Gasteiger partial charge in [-0.1, -0.05) is 54.2 Å². The predicted octanol–water partition coefficient (Wildman–Crippen LogP) is 3.77. The van der Waals surface area contributed by atoms with Gasteiger partial charge < -0.3 is 5.11 Å². The Hall–Kier alpha value is -2.91. The molecule has 1 saturated heterocycles. The van der Waals surface area contributed by atoms with Crippen LogP contribution in [0.25, 0.3) is 0 Å². The van der Waals surface area contributed by atoms with E-state index in [1.54, 1.807) is 30.3 Å². The van der Waals surface area contributed by atoms with E-state index in [1.807, 2.05) is 0 Å². The summed E-state index contributed by atoms with van der Waals surface area (Å²) in [4.78, 5) is 50.8. The molecule has 170 valence electrons. The van der Waals surface area contributed by atoms with Crippen LogP contribution in [0.3, 0.4) is 0 Å². The number of aliphatic carboxylic acids is 1. The number of benzene rings is 2. The molecule has 4 rings (SSSR count). The number of amides is 1. The van der Waals surface area contributed by atoms with Crippen LogP contribution in [0.1, 0.15) is 22.3 Å². The second kappa shape index (κ2) is 9.93. The summed E-state index contributed by atoms with van der Waals surface area (Å²) in [6.07, 6.45) is 0.0976. The van der Waals surface area contributed by atoms with Gasteiger partial charge in [-0.05, 0) is 23.3 Å². The lowest BCUT2D eigenvalue weighted by Gasteiger charge is -2.49. The van der Waals surface area contributed by atoms with Gasteiger partial charge in [-0.3, -0.25) is 19.3 Å². The number of fused-ring (bicyclic) bond motifs is 1. The largest absolute Gasteiger partial charge is 0.477 e. The lowest BCUT2D eigenvalue weighted by atomic mass is 9.89. The number of rotatable bonds is 8. The van der Waals surface area contributed by atoms with Crippen LogP contribution < -0.4 is 0 Å². The van der Waals surface area contributed by atoms with E-state index < -0.39 is 23.2 Å². The van der Waals surface area contributed by atoms with E-state index in [9.17, 15) is 28.7 Å². The topological polar surface area (TPSA) is 91.8 Å². The zero-order chi connectivity index (χ0) is 23.5. The second-order valence-electron chi connectivity index (χ2n) is 7.76. The Morgan fingerprint density at radius 3 is 2.45 bits per heavy atom. The molecule has 1 fully saturated rings. The summed E-state index contributed by atoms with van der Waals surface area (Å²) in [6, 6.07) is 14.3. The fourth-order valence-corrected chi connectivity index (χ4v) is 6.28. The molecule has 0 bridgehead atoms.